The third kappa shape index (κ3) is 3.19. The number of carboxylic acids is 1. The number of likely N-dealkylation sites (tertiary alicyclic amines) is 1. The van der Waals surface area contributed by atoms with Crippen molar-refractivity contribution in [2.24, 2.45) is 0 Å². The van der Waals surface area contributed by atoms with Gasteiger partial charge in [0, 0.05) is 25.8 Å². The number of benzene rings is 1. The molecule has 3 N–H and O–H groups in total. The lowest BCUT2D eigenvalue weighted by Crippen LogP contribution is -2.32. The van der Waals surface area contributed by atoms with Crippen molar-refractivity contribution in [3.05, 3.63) is 23.5 Å². The molecule has 0 unspecified atom stereocenters. The first-order chi connectivity index (χ1) is 9.49. The topological polar surface area (TPSA) is 69.8 Å². The Morgan fingerprint density at radius 2 is 2.10 bits per heavy atom. The Bertz CT molecular complexity index is 501. The van der Waals surface area contributed by atoms with Gasteiger partial charge in [-0.3, -0.25) is 0 Å². The van der Waals surface area contributed by atoms with Gasteiger partial charge in [-0.2, -0.15) is 0 Å². The van der Waals surface area contributed by atoms with Gasteiger partial charge in [-0.1, -0.05) is 0 Å². The molecular formula is C14H20FN3O2. The number of hydrogen-bond donors (Lipinski definition) is 2. The molecule has 0 spiro atoms. The van der Waals surface area contributed by atoms with Gasteiger partial charge in [0.15, 0.2) is 0 Å². The molecule has 6 heteroatoms. The minimum Gasteiger partial charge on any atom is -0.478 e. The molecule has 1 aromatic carbocycles. The van der Waals surface area contributed by atoms with Crippen molar-refractivity contribution in [1.29, 1.82) is 0 Å². The molecule has 110 valence electrons. The molecule has 0 radical (unpaired) electrons. The SMILES string of the molecule is CN(CCN1CCCC1)c1cc(C(=O)O)c(N)cc1F. The number of likely N-dealkylation sites (N-methyl/N-ethyl adjacent to an activating group) is 1. The molecule has 1 fully saturated rings. The van der Waals surface area contributed by atoms with E-state index in [0.717, 1.165) is 25.7 Å². The van der Waals surface area contributed by atoms with E-state index in [1.54, 1.807) is 11.9 Å². The first-order valence-electron chi connectivity index (χ1n) is 6.75. The van der Waals surface area contributed by atoms with E-state index in [1.807, 2.05) is 0 Å². The third-order valence-corrected chi connectivity index (χ3v) is 3.71. The van der Waals surface area contributed by atoms with Crippen LogP contribution in [0.5, 0.6) is 0 Å². The van der Waals surface area contributed by atoms with Crippen LogP contribution in [0, 0.1) is 5.82 Å². The van der Waals surface area contributed by atoms with E-state index in [1.165, 1.54) is 18.9 Å². The average molecular weight is 281 g/mol. The molecule has 2 rings (SSSR count). The molecule has 0 amide bonds. The molecule has 1 saturated heterocycles. The lowest BCUT2D eigenvalue weighted by molar-refractivity contribution is 0.0698. The maximum absolute atomic E-state index is 13.9. The lowest BCUT2D eigenvalue weighted by atomic mass is 10.1. The van der Waals surface area contributed by atoms with E-state index in [2.05, 4.69) is 4.90 Å². The zero-order valence-corrected chi connectivity index (χ0v) is 11.6. The van der Waals surface area contributed by atoms with Crippen molar-refractivity contribution in [3.8, 4) is 0 Å². The van der Waals surface area contributed by atoms with Gasteiger partial charge in [0.25, 0.3) is 0 Å². The van der Waals surface area contributed by atoms with Gasteiger partial charge in [-0.15, -0.1) is 0 Å². The summed E-state index contributed by atoms with van der Waals surface area (Å²) in [5.74, 6) is -1.63. The molecule has 0 bridgehead atoms. The van der Waals surface area contributed by atoms with E-state index in [-0.39, 0.29) is 16.9 Å². The highest BCUT2D eigenvalue weighted by Crippen LogP contribution is 2.25. The number of carbonyl (C=O) groups is 1. The zero-order valence-electron chi connectivity index (χ0n) is 11.6. The van der Waals surface area contributed by atoms with Crippen molar-refractivity contribution in [1.82, 2.24) is 4.90 Å². The zero-order chi connectivity index (χ0) is 14.7. The van der Waals surface area contributed by atoms with Crippen LogP contribution in [0.4, 0.5) is 15.8 Å². The Kier molecular flexibility index (Phi) is 4.44. The number of rotatable bonds is 5. The Balaban J connectivity index is 2.09. The van der Waals surface area contributed by atoms with E-state index in [9.17, 15) is 9.18 Å². The number of anilines is 2. The van der Waals surface area contributed by atoms with Gasteiger partial charge in [-0.25, -0.2) is 9.18 Å². The number of halogens is 1. The van der Waals surface area contributed by atoms with Gasteiger partial charge >= 0.3 is 5.97 Å². The Labute approximate surface area is 117 Å². The second kappa shape index (κ2) is 6.09. The highest BCUT2D eigenvalue weighted by atomic mass is 19.1. The van der Waals surface area contributed by atoms with Crippen molar-refractivity contribution >= 4 is 17.3 Å². The largest absolute Gasteiger partial charge is 0.478 e. The number of nitrogens with zero attached hydrogens (tertiary/aromatic N) is 2. The highest BCUT2D eigenvalue weighted by molar-refractivity contribution is 5.95. The second-order valence-corrected chi connectivity index (χ2v) is 5.17. The van der Waals surface area contributed by atoms with Gasteiger partial charge in [-0.05, 0) is 38.1 Å². The molecule has 0 saturated carbocycles. The molecular weight excluding hydrogens is 261 g/mol. The molecule has 0 aliphatic carbocycles. The summed E-state index contributed by atoms with van der Waals surface area (Å²) in [5, 5.41) is 9.04. The normalized spacial score (nSPS) is 15.5. The Morgan fingerprint density at radius 1 is 1.45 bits per heavy atom. The standard InChI is InChI=1S/C14H20FN3O2/c1-17(6-7-18-4-2-3-5-18)13-8-10(14(19)20)12(16)9-11(13)15/h8-9H,2-7,16H2,1H3,(H,19,20). The molecule has 1 heterocycles. The molecule has 1 aliphatic heterocycles. The fraction of sp³-hybridized carbons (Fsp3) is 0.500. The summed E-state index contributed by atoms with van der Waals surface area (Å²) in [7, 11) is 1.76. The maximum atomic E-state index is 13.9. The fourth-order valence-corrected chi connectivity index (χ4v) is 2.47. The van der Waals surface area contributed by atoms with Gasteiger partial charge in [0.1, 0.15) is 5.82 Å². The lowest BCUT2D eigenvalue weighted by Gasteiger charge is -2.24. The van der Waals surface area contributed by atoms with Crippen molar-refractivity contribution in [2.45, 2.75) is 12.8 Å². The molecule has 5 nitrogen and oxygen atoms in total. The summed E-state index contributed by atoms with van der Waals surface area (Å²) in [6.07, 6.45) is 2.42. The highest BCUT2D eigenvalue weighted by Gasteiger charge is 2.17. The predicted molar refractivity (Wildman–Crippen MR) is 76.7 cm³/mol. The number of hydrogen-bond acceptors (Lipinski definition) is 4. The molecule has 1 aromatic rings. The van der Waals surface area contributed by atoms with Crippen LogP contribution in [0.1, 0.15) is 23.2 Å². The van der Waals surface area contributed by atoms with Crippen LogP contribution < -0.4 is 10.6 Å². The van der Waals surface area contributed by atoms with Crippen LogP contribution in [0.3, 0.4) is 0 Å². The number of nitrogens with two attached hydrogens (primary N) is 1. The summed E-state index contributed by atoms with van der Waals surface area (Å²) in [4.78, 5) is 15.1. The Hall–Kier alpha value is -1.82. The number of aromatic carboxylic acids is 1. The van der Waals surface area contributed by atoms with Crippen molar-refractivity contribution in [3.63, 3.8) is 0 Å². The first kappa shape index (κ1) is 14.6. The predicted octanol–water partition coefficient (Wildman–Crippen LogP) is 1.64. The smallest absolute Gasteiger partial charge is 0.337 e. The fourth-order valence-electron chi connectivity index (χ4n) is 2.47. The van der Waals surface area contributed by atoms with Gasteiger partial charge < -0.3 is 20.6 Å². The molecule has 0 atom stereocenters. The van der Waals surface area contributed by atoms with Gasteiger partial charge in [0.05, 0.1) is 11.3 Å². The van der Waals surface area contributed by atoms with E-state index >= 15 is 0 Å². The molecule has 1 aliphatic rings. The summed E-state index contributed by atoms with van der Waals surface area (Å²) >= 11 is 0. The van der Waals surface area contributed by atoms with Crippen molar-refractivity contribution < 1.29 is 14.3 Å². The minimum absolute atomic E-state index is 0.0494. The maximum Gasteiger partial charge on any atom is 0.337 e. The Morgan fingerprint density at radius 3 is 2.70 bits per heavy atom. The summed E-state index contributed by atoms with van der Waals surface area (Å²) in [5.41, 5.74) is 5.68. The quantitative estimate of drug-likeness (QED) is 0.803. The average Bonchev–Trinajstić information content (AvgIpc) is 2.88. The summed E-state index contributed by atoms with van der Waals surface area (Å²) in [6, 6.07) is 2.38. The minimum atomic E-state index is -1.14. The van der Waals surface area contributed by atoms with Crippen LogP contribution in [0.2, 0.25) is 0 Å². The summed E-state index contributed by atoms with van der Waals surface area (Å²) in [6.45, 7) is 3.67. The third-order valence-electron chi connectivity index (χ3n) is 3.71. The van der Waals surface area contributed by atoms with Crippen LogP contribution in [0.25, 0.3) is 0 Å². The van der Waals surface area contributed by atoms with E-state index in [0.29, 0.717) is 6.54 Å². The van der Waals surface area contributed by atoms with Crippen LogP contribution in [-0.2, 0) is 0 Å². The number of carboxylic acid groups (broad SMARTS) is 1. The summed E-state index contributed by atoms with van der Waals surface area (Å²) < 4.78 is 13.9. The van der Waals surface area contributed by atoms with Gasteiger partial charge in [0.2, 0.25) is 0 Å². The van der Waals surface area contributed by atoms with Crippen LogP contribution in [-0.4, -0.2) is 49.2 Å². The monoisotopic (exact) mass is 281 g/mol. The molecule has 0 aromatic heterocycles. The molecule has 20 heavy (non-hydrogen) atoms. The van der Waals surface area contributed by atoms with Crippen molar-refractivity contribution in [2.75, 3.05) is 43.9 Å². The van der Waals surface area contributed by atoms with E-state index in [4.69, 9.17) is 10.8 Å². The first-order valence-corrected chi connectivity index (χ1v) is 6.75. The van der Waals surface area contributed by atoms with Crippen LogP contribution in [0.15, 0.2) is 12.1 Å². The second-order valence-electron chi connectivity index (χ2n) is 5.17. The van der Waals surface area contributed by atoms with Crippen LogP contribution >= 0.6 is 0 Å². The van der Waals surface area contributed by atoms with E-state index < -0.39 is 11.8 Å². The number of nitrogen functional groups attached to an aromatic ring is 1.